The summed E-state index contributed by atoms with van der Waals surface area (Å²) in [6, 6.07) is 5.52. The number of nitriles is 1. The van der Waals surface area contributed by atoms with Gasteiger partial charge in [-0.1, -0.05) is 0 Å². The van der Waals surface area contributed by atoms with Gasteiger partial charge in [0.2, 0.25) is 5.82 Å². The Hall–Kier alpha value is -3.07. The summed E-state index contributed by atoms with van der Waals surface area (Å²) in [5, 5.41) is 17.9. The fraction of sp³-hybridized carbons (Fsp3) is 0.286. The van der Waals surface area contributed by atoms with E-state index in [1.54, 1.807) is 17.0 Å². The van der Waals surface area contributed by atoms with Gasteiger partial charge >= 0.3 is 18.1 Å². The molecule has 0 spiro atoms. The summed E-state index contributed by atoms with van der Waals surface area (Å²) in [6.45, 7) is 0.426. The fourth-order valence-electron chi connectivity index (χ4n) is 1.48. The van der Waals surface area contributed by atoms with Gasteiger partial charge in [-0.25, -0.2) is 14.3 Å². The Kier molecular flexibility index (Phi) is 7.60. The number of halogens is 3. The highest BCUT2D eigenvalue weighted by molar-refractivity contribution is 7.09. The Bertz CT molecular complexity index is 800. The van der Waals surface area contributed by atoms with Crippen molar-refractivity contribution in [3.63, 3.8) is 0 Å². The molecule has 0 unspecified atom stereocenters. The van der Waals surface area contributed by atoms with Gasteiger partial charge in [-0.2, -0.15) is 22.8 Å². The first-order valence-corrected chi connectivity index (χ1v) is 7.55. The number of nitrogens with zero attached hydrogens (tertiary/aromatic N) is 4. The Morgan fingerprint density at radius 3 is 2.38 bits per heavy atom. The van der Waals surface area contributed by atoms with Crippen molar-refractivity contribution < 1.29 is 37.2 Å². The van der Waals surface area contributed by atoms with E-state index in [2.05, 4.69) is 14.1 Å². The molecule has 0 aromatic carbocycles. The van der Waals surface area contributed by atoms with E-state index in [0.29, 0.717) is 18.7 Å². The van der Waals surface area contributed by atoms with Gasteiger partial charge in [0.05, 0.1) is 7.11 Å². The number of aromatic nitrogens is 3. The second-order valence-corrected chi connectivity index (χ2v) is 5.24. The largest absolute Gasteiger partial charge is 0.490 e. The minimum Gasteiger partial charge on any atom is -0.481 e. The average molecular weight is 389 g/mol. The summed E-state index contributed by atoms with van der Waals surface area (Å²) in [6.07, 6.45) is -1.20. The number of alkyl halides is 3. The normalized spacial score (nSPS) is 10.3. The zero-order valence-corrected chi connectivity index (χ0v) is 14.0. The second-order valence-electron chi connectivity index (χ2n) is 4.49. The lowest BCUT2D eigenvalue weighted by atomic mass is 10.3. The molecule has 2 heterocycles. The summed E-state index contributed by atoms with van der Waals surface area (Å²) in [7, 11) is 0.676. The number of rotatable bonds is 4. The number of esters is 1. The third kappa shape index (κ3) is 6.81. The SMILES string of the molecule is COC(=O)C(F)(F)F.N#Cc1nsc(-c2cc[n+](CCC(=O)O)cc2)n1. The van der Waals surface area contributed by atoms with Crippen LogP contribution < -0.4 is 4.57 Å². The van der Waals surface area contributed by atoms with Gasteiger partial charge in [-0.15, -0.1) is 0 Å². The molecule has 0 radical (unpaired) electrons. The van der Waals surface area contributed by atoms with Gasteiger partial charge in [0.15, 0.2) is 18.9 Å². The lowest BCUT2D eigenvalue weighted by Gasteiger charge is -1.99. The zero-order chi connectivity index (χ0) is 19.7. The Balaban J connectivity index is 0.000000359. The molecule has 0 saturated carbocycles. The van der Waals surface area contributed by atoms with Gasteiger partial charge in [0, 0.05) is 17.7 Å². The molecule has 138 valence electrons. The van der Waals surface area contributed by atoms with Gasteiger partial charge in [-0.05, 0) is 11.5 Å². The lowest BCUT2D eigenvalue weighted by Crippen LogP contribution is -2.33. The molecule has 0 aliphatic rings. The van der Waals surface area contributed by atoms with Gasteiger partial charge < -0.3 is 9.84 Å². The van der Waals surface area contributed by atoms with E-state index >= 15 is 0 Å². The third-order valence-electron chi connectivity index (χ3n) is 2.66. The highest BCUT2D eigenvalue weighted by atomic mass is 32.1. The summed E-state index contributed by atoms with van der Waals surface area (Å²) in [5.74, 6) is -2.83. The first kappa shape index (κ1) is 21.0. The molecule has 2 aromatic rings. The highest BCUT2D eigenvalue weighted by Crippen LogP contribution is 2.19. The molecular weight excluding hydrogens is 377 g/mol. The molecule has 0 amide bonds. The van der Waals surface area contributed by atoms with Crippen LogP contribution in [0, 0.1) is 11.3 Å². The van der Waals surface area contributed by atoms with Crippen LogP contribution >= 0.6 is 11.5 Å². The maximum atomic E-state index is 11.0. The van der Waals surface area contributed by atoms with E-state index in [0.717, 1.165) is 17.1 Å². The topological polar surface area (TPSA) is 117 Å². The van der Waals surface area contributed by atoms with Crippen molar-refractivity contribution in [2.75, 3.05) is 7.11 Å². The van der Waals surface area contributed by atoms with Crippen molar-refractivity contribution in [1.82, 2.24) is 9.36 Å². The molecule has 0 atom stereocenters. The molecule has 0 fully saturated rings. The van der Waals surface area contributed by atoms with Crippen molar-refractivity contribution in [2.24, 2.45) is 0 Å². The number of aliphatic carboxylic acids is 1. The van der Waals surface area contributed by atoms with E-state index < -0.39 is 18.1 Å². The number of hydrogen-bond acceptors (Lipinski definition) is 7. The highest BCUT2D eigenvalue weighted by Gasteiger charge is 2.40. The molecule has 0 bridgehead atoms. The van der Waals surface area contributed by atoms with Crippen LogP contribution in [-0.4, -0.2) is 39.7 Å². The lowest BCUT2D eigenvalue weighted by molar-refractivity contribution is -0.695. The van der Waals surface area contributed by atoms with Gasteiger partial charge in [-0.3, -0.25) is 4.79 Å². The number of carboxylic acid groups (broad SMARTS) is 1. The van der Waals surface area contributed by atoms with Crippen LogP contribution in [0.15, 0.2) is 24.5 Å². The summed E-state index contributed by atoms with van der Waals surface area (Å²) >= 11 is 1.16. The number of carbonyl (C=O) groups excluding carboxylic acids is 1. The van der Waals surface area contributed by atoms with E-state index in [1.807, 2.05) is 18.2 Å². The van der Waals surface area contributed by atoms with Crippen LogP contribution in [0.3, 0.4) is 0 Å². The predicted octanol–water partition coefficient (Wildman–Crippen LogP) is 1.56. The van der Waals surface area contributed by atoms with Crippen molar-refractivity contribution in [3.8, 4) is 16.6 Å². The second kappa shape index (κ2) is 9.42. The van der Waals surface area contributed by atoms with Crippen molar-refractivity contribution >= 4 is 23.5 Å². The standard InChI is InChI=1S/C11H8N4O2S.C3H3F3O2/c12-7-9-13-11(18-14-9)8-1-4-15(5-2-8)6-3-10(16)17;1-8-2(7)3(4,5)6/h1-2,4-5H,3,6H2;1H3/p+1. The minimum absolute atomic E-state index is 0.0847. The molecule has 12 heteroatoms. The quantitative estimate of drug-likeness (QED) is 0.623. The average Bonchev–Trinajstić information content (AvgIpc) is 3.08. The van der Waals surface area contributed by atoms with E-state index in [-0.39, 0.29) is 12.2 Å². The molecule has 0 saturated heterocycles. The first-order valence-electron chi connectivity index (χ1n) is 6.77. The third-order valence-corrected chi connectivity index (χ3v) is 3.43. The number of hydrogen-bond donors (Lipinski definition) is 1. The molecule has 1 N–H and O–H groups in total. The zero-order valence-electron chi connectivity index (χ0n) is 13.2. The predicted molar refractivity (Wildman–Crippen MR) is 80.6 cm³/mol. The molecule has 0 aliphatic heterocycles. The van der Waals surface area contributed by atoms with Crippen LogP contribution in [0.1, 0.15) is 12.2 Å². The first-order chi connectivity index (χ1) is 12.2. The van der Waals surface area contributed by atoms with Gasteiger partial charge in [0.25, 0.3) is 0 Å². The van der Waals surface area contributed by atoms with Crippen molar-refractivity contribution in [2.45, 2.75) is 19.1 Å². The number of carbonyl (C=O) groups is 2. The maximum absolute atomic E-state index is 11.0. The fourth-order valence-corrected chi connectivity index (χ4v) is 2.10. The molecule has 26 heavy (non-hydrogen) atoms. The summed E-state index contributed by atoms with van der Waals surface area (Å²) in [5.41, 5.74) is 0.862. The number of aryl methyl sites for hydroxylation is 1. The maximum Gasteiger partial charge on any atom is 0.490 e. The summed E-state index contributed by atoms with van der Waals surface area (Å²) in [4.78, 5) is 24.0. The van der Waals surface area contributed by atoms with Crippen LogP contribution in [0.4, 0.5) is 13.2 Å². The number of pyridine rings is 1. The molecule has 0 aliphatic carbocycles. The number of methoxy groups -OCH3 is 1. The number of carboxylic acids is 1. The number of ether oxygens (including phenoxy) is 1. The molecule has 2 rings (SSSR count). The van der Waals surface area contributed by atoms with Crippen LogP contribution in [0.2, 0.25) is 0 Å². The monoisotopic (exact) mass is 389 g/mol. The summed E-state index contributed by atoms with van der Waals surface area (Å²) < 4.78 is 41.9. The Morgan fingerprint density at radius 1 is 1.38 bits per heavy atom. The van der Waals surface area contributed by atoms with E-state index in [9.17, 15) is 22.8 Å². The van der Waals surface area contributed by atoms with E-state index in [1.165, 1.54) is 0 Å². The van der Waals surface area contributed by atoms with Crippen molar-refractivity contribution in [1.29, 1.82) is 5.26 Å². The minimum atomic E-state index is -4.85. The van der Waals surface area contributed by atoms with Gasteiger partial charge in [0.1, 0.15) is 17.5 Å². The Morgan fingerprint density at radius 2 is 2.00 bits per heavy atom. The van der Waals surface area contributed by atoms with Crippen LogP contribution in [0.5, 0.6) is 0 Å². The van der Waals surface area contributed by atoms with Crippen LogP contribution in [-0.2, 0) is 20.9 Å². The smallest absolute Gasteiger partial charge is 0.481 e. The molecule has 2 aromatic heterocycles. The van der Waals surface area contributed by atoms with Crippen LogP contribution in [0.25, 0.3) is 10.6 Å². The molecule has 8 nitrogen and oxygen atoms in total. The Labute approximate surface area is 149 Å². The molecular formula is C14H12F3N4O4S+. The van der Waals surface area contributed by atoms with E-state index in [4.69, 9.17) is 10.4 Å². The van der Waals surface area contributed by atoms with Crippen molar-refractivity contribution in [3.05, 3.63) is 30.4 Å².